The summed E-state index contributed by atoms with van der Waals surface area (Å²) in [5, 5.41) is 5.13. The van der Waals surface area contributed by atoms with Crippen LogP contribution in [0.3, 0.4) is 0 Å². The molecule has 0 amide bonds. The molecule has 0 saturated heterocycles. The van der Waals surface area contributed by atoms with E-state index in [-0.39, 0.29) is 0 Å². The second-order valence-corrected chi connectivity index (χ2v) is 5.14. The maximum Gasteiger partial charge on any atom is 0.0533 e. The number of hydrogen-bond acceptors (Lipinski definition) is 3. The summed E-state index contributed by atoms with van der Waals surface area (Å²) in [7, 11) is 1.93. The number of nitrogens with zero attached hydrogens (tertiary/aromatic N) is 2. The molecule has 74 valence electrons. The van der Waals surface area contributed by atoms with Gasteiger partial charge in [-0.1, -0.05) is 13.8 Å². The molecule has 1 aromatic rings. The van der Waals surface area contributed by atoms with E-state index in [0.717, 1.165) is 0 Å². The van der Waals surface area contributed by atoms with Gasteiger partial charge in [0.05, 0.1) is 6.20 Å². The zero-order valence-electron chi connectivity index (χ0n) is 8.40. The van der Waals surface area contributed by atoms with Crippen LogP contribution in [0.2, 0.25) is 0 Å². The third kappa shape index (κ3) is 3.04. The van der Waals surface area contributed by atoms with Crippen LogP contribution in [0.25, 0.3) is 0 Å². The van der Waals surface area contributed by atoms with Gasteiger partial charge >= 0.3 is 0 Å². The van der Waals surface area contributed by atoms with E-state index < -0.39 is 0 Å². The maximum atomic E-state index is 5.70. The highest BCUT2D eigenvalue weighted by Crippen LogP contribution is 2.30. The molecule has 1 unspecified atom stereocenters. The minimum absolute atomic E-state index is 0.383. The van der Waals surface area contributed by atoms with Crippen molar-refractivity contribution in [2.45, 2.75) is 24.3 Å². The van der Waals surface area contributed by atoms with Crippen LogP contribution >= 0.6 is 11.8 Å². The highest BCUT2D eigenvalue weighted by molar-refractivity contribution is 8.00. The van der Waals surface area contributed by atoms with E-state index in [2.05, 4.69) is 18.9 Å². The lowest BCUT2D eigenvalue weighted by atomic mass is 10.2. The van der Waals surface area contributed by atoms with E-state index in [1.165, 1.54) is 5.56 Å². The molecule has 0 saturated carbocycles. The molecule has 0 aliphatic rings. The molecule has 0 fully saturated rings. The Morgan fingerprint density at radius 3 is 2.69 bits per heavy atom. The third-order valence-corrected chi connectivity index (χ3v) is 3.08. The normalized spacial score (nSPS) is 13.6. The lowest BCUT2D eigenvalue weighted by molar-refractivity contribution is 0.766. The van der Waals surface area contributed by atoms with Crippen LogP contribution in [0.1, 0.15) is 24.7 Å². The van der Waals surface area contributed by atoms with Crippen molar-refractivity contribution >= 4 is 11.8 Å². The van der Waals surface area contributed by atoms with Crippen molar-refractivity contribution in [1.29, 1.82) is 0 Å². The second kappa shape index (κ2) is 4.67. The minimum atomic E-state index is 0.383. The van der Waals surface area contributed by atoms with Crippen LogP contribution in [0.4, 0.5) is 0 Å². The number of rotatable bonds is 4. The lowest BCUT2D eigenvalue weighted by Crippen LogP contribution is -2.10. The van der Waals surface area contributed by atoms with Crippen molar-refractivity contribution in [3.05, 3.63) is 18.0 Å². The monoisotopic (exact) mass is 199 g/mol. The fourth-order valence-electron chi connectivity index (χ4n) is 1.21. The highest BCUT2D eigenvalue weighted by Gasteiger charge is 2.13. The first-order valence-electron chi connectivity index (χ1n) is 4.47. The molecule has 1 rings (SSSR count). The molecule has 1 heterocycles. The summed E-state index contributed by atoms with van der Waals surface area (Å²) in [5.74, 6) is 0. The molecule has 0 radical (unpaired) electrons. The predicted octanol–water partition coefficient (Wildman–Crippen LogP) is 1.56. The topological polar surface area (TPSA) is 43.8 Å². The highest BCUT2D eigenvalue weighted by atomic mass is 32.2. The molecule has 3 nitrogen and oxygen atoms in total. The van der Waals surface area contributed by atoms with E-state index in [0.29, 0.717) is 17.0 Å². The zero-order valence-corrected chi connectivity index (χ0v) is 9.21. The number of aryl methyl sites for hydroxylation is 1. The van der Waals surface area contributed by atoms with Gasteiger partial charge in [0.25, 0.3) is 0 Å². The SMILES string of the molecule is CC(C)SC(CN)c1cnn(C)c1. The van der Waals surface area contributed by atoms with Gasteiger partial charge in [-0.15, -0.1) is 11.8 Å². The maximum absolute atomic E-state index is 5.70. The molecule has 2 N–H and O–H groups in total. The molecule has 1 atom stereocenters. The average Bonchev–Trinajstić information content (AvgIpc) is 2.47. The molecule has 0 aliphatic carbocycles. The van der Waals surface area contributed by atoms with Crippen molar-refractivity contribution in [2.75, 3.05) is 6.54 Å². The predicted molar refractivity (Wildman–Crippen MR) is 57.7 cm³/mol. The number of nitrogens with two attached hydrogens (primary N) is 1. The summed E-state index contributed by atoms with van der Waals surface area (Å²) >= 11 is 1.89. The van der Waals surface area contributed by atoms with E-state index in [1.807, 2.05) is 35.9 Å². The fraction of sp³-hybridized carbons (Fsp3) is 0.667. The van der Waals surface area contributed by atoms with E-state index in [1.54, 1.807) is 0 Å². The van der Waals surface area contributed by atoms with Gasteiger partial charge in [-0.2, -0.15) is 5.10 Å². The Labute approximate surface area is 83.7 Å². The minimum Gasteiger partial charge on any atom is -0.329 e. The molecule has 1 aromatic heterocycles. The number of thioether (sulfide) groups is 1. The number of aromatic nitrogens is 2. The molecule has 0 aromatic carbocycles. The Bertz CT molecular complexity index is 257. The first-order chi connectivity index (χ1) is 6.13. The molecule has 13 heavy (non-hydrogen) atoms. The molecule has 4 heteroatoms. The van der Waals surface area contributed by atoms with Gasteiger partial charge in [0, 0.05) is 30.6 Å². The van der Waals surface area contributed by atoms with Gasteiger partial charge in [0.1, 0.15) is 0 Å². The van der Waals surface area contributed by atoms with Gasteiger partial charge < -0.3 is 5.73 Å². The molecule has 0 aliphatic heterocycles. The van der Waals surface area contributed by atoms with Crippen molar-refractivity contribution in [3.8, 4) is 0 Å². The van der Waals surface area contributed by atoms with Gasteiger partial charge in [0.15, 0.2) is 0 Å². The van der Waals surface area contributed by atoms with E-state index >= 15 is 0 Å². The summed E-state index contributed by atoms with van der Waals surface area (Å²) < 4.78 is 1.82. The van der Waals surface area contributed by atoms with Crippen molar-refractivity contribution < 1.29 is 0 Å². The van der Waals surface area contributed by atoms with Crippen LogP contribution in [0.15, 0.2) is 12.4 Å². The first-order valence-corrected chi connectivity index (χ1v) is 5.42. The van der Waals surface area contributed by atoms with Crippen LogP contribution in [0.5, 0.6) is 0 Å². The van der Waals surface area contributed by atoms with Crippen LogP contribution in [0, 0.1) is 0 Å². The van der Waals surface area contributed by atoms with Crippen molar-refractivity contribution in [1.82, 2.24) is 9.78 Å². The average molecular weight is 199 g/mol. The molecular weight excluding hydrogens is 182 g/mol. The summed E-state index contributed by atoms with van der Waals surface area (Å²) in [6.07, 6.45) is 3.93. The summed E-state index contributed by atoms with van der Waals surface area (Å²) in [5.41, 5.74) is 6.93. The van der Waals surface area contributed by atoms with Crippen LogP contribution in [-0.2, 0) is 7.05 Å². The summed E-state index contributed by atoms with van der Waals surface area (Å²) in [6, 6.07) is 0. The zero-order chi connectivity index (χ0) is 9.84. The van der Waals surface area contributed by atoms with E-state index in [9.17, 15) is 0 Å². The van der Waals surface area contributed by atoms with Gasteiger partial charge in [-0.3, -0.25) is 4.68 Å². The summed E-state index contributed by atoms with van der Waals surface area (Å²) in [6.45, 7) is 5.04. The van der Waals surface area contributed by atoms with Crippen LogP contribution in [-0.4, -0.2) is 21.6 Å². The summed E-state index contributed by atoms with van der Waals surface area (Å²) in [4.78, 5) is 0. The molecule has 0 bridgehead atoms. The smallest absolute Gasteiger partial charge is 0.0533 e. The standard InChI is InChI=1S/C9H17N3S/c1-7(2)13-9(4-10)8-5-11-12(3)6-8/h5-7,9H,4,10H2,1-3H3. The van der Waals surface area contributed by atoms with Crippen molar-refractivity contribution in [2.24, 2.45) is 12.8 Å². The van der Waals surface area contributed by atoms with Gasteiger partial charge in [-0.25, -0.2) is 0 Å². The third-order valence-electron chi connectivity index (χ3n) is 1.75. The molecular formula is C9H17N3S. The Morgan fingerprint density at radius 2 is 2.31 bits per heavy atom. The molecule has 0 spiro atoms. The van der Waals surface area contributed by atoms with E-state index in [4.69, 9.17) is 5.73 Å². The quantitative estimate of drug-likeness (QED) is 0.800. The number of hydrogen-bond donors (Lipinski definition) is 1. The fourth-order valence-corrected chi connectivity index (χ4v) is 2.25. The first kappa shape index (κ1) is 10.6. The Hall–Kier alpha value is -0.480. The van der Waals surface area contributed by atoms with Crippen LogP contribution < -0.4 is 5.73 Å². The lowest BCUT2D eigenvalue weighted by Gasteiger charge is -2.14. The Balaban J connectivity index is 2.66. The largest absolute Gasteiger partial charge is 0.329 e. The second-order valence-electron chi connectivity index (χ2n) is 3.36. The Kier molecular flexibility index (Phi) is 3.81. The Morgan fingerprint density at radius 1 is 1.62 bits per heavy atom. The van der Waals surface area contributed by atoms with Gasteiger partial charge in [-0.05, 0) is 5.25 Å². The van der Waals surface area contributed by atoms with Gasteiger partial charge in [0.2, 0.25) is 0 Å². The van der Waals surface area contributed by atoms with Crippen molar-refractivity contribution in [3.63, 3.8) is 0 Å².